The van der Waals surface area contributed by atoms with E-state index in [1.807, 2.05) is 0 Å². The maximum Gasteiger partial charge on any atom is 0.416 e. The van der Waals surface area contributed by atoms with Gasteiger partial charge in [-0.05, 0) is 122 Å². The van der Waals surface area contributed by atoms with Crippen LogP contribution in [0, 0.1) is 6.92 Å². The minimum absolute atomic E-state index is 0.00751. The van der Waals surface area contributed by atoms with Gasteiger partial charge in [0.05, 0.1) is 112 Å². The van der Waals surface area contributed by atoms with Gasteiger partial charge >= 0.3 is 24.1 Å². The zero-order chi connectivity index (χ0) is 86.9. The van der Waals surface area contributed by atoms with Gasteiger partial charge in [0.25, 0.3) is 17.7 Å². The van der Waals surface area contributed by atoms with Crippen LogP contribution in [-0.4, -0.2) is 288 Å². The van der Waals surface area contributed by atoms with Crippen LogP contribution >= 0.6 is 0 Å². The van der Waals surface area contributed by atoms with Crippen molar-refractivity contribution in [3.8, 4) is 34.5 Å². The molecule has 13 N–H and O–H groups in total. The Bertz CT molecular complexity index is 4600. The Morgan fingerprint density at radius 3 is 1.65 bits per heavy atom. The number of benzene rings is 5. The third-order valence-electron chi connectivity index (χ3n) is 20.2. The maximum absolute atomic E-state index is 14.9. The fourth-order valence-corrected chi connectivity index (χ4v) is 14.1. The van der Waals surface area contributed by atoms with E-state index in [0.29, 0.717) is 34.3 Å². The molecule has 5 aromatic carbocycles. The van der Waals surface area contributed by atoms with Gasteiger partial charge in [-0.1, -0.05) is 23.3 Å². The van der Waals surface area contributed by atoms with Crippen molar-refractivity contribution < 1.29 is 165 Å². The Hall–Kier alpha value is -10.7. The highest BCUT2D eigenvalue weighted by molar-refractivity contribution is 6.08. The number of carbonyl (C=O) groups is 8. The average Bonchev–Trinajstić information content (AvgIpc) is 1.61. The lowest BCUT2D eigenvalue weighted by atomic mass is 9.99. The van der Waals surface area contributed by atoms with Gasteiger partial charge in [-0.2, -0.15) is 0 Å². The van der Waals surface area contributed by atoms with E-state index in [2.05, 4.69) is 10.2 Å². The summed E-state index contributed by atoms with van der Waals surface area (Å²) in [7, 11) is 2.80. The third kappa shape index (κ3) is 22.3. The molecule has 2 fully saturated rings. The summed E-state index contributed by atoms with van der Waals surface area (Å²) in [5, 5.41) is 109. The summed E-state index contributed by atoms with van der Waals surface area (Å²) in [5.41, 5.74) is 2.38. The predicted octanol–water partition coefficient (Wildman–Crippen LogP) is 2.20. The molecular weight excluding hydrogens is 1600 g/mol. The minimum Gasteiger partial charge on any atom is -0.493 e. The van der Waals surface area contributed by atoms with Crippen LogP contribution in [0.5, 0.6) is 34.5 Å². The first-order valence-electron chi connectivity index (χ1n) is 38.6. The molecule has 656 valence electrons. The number of ketones is 1. The number of nitrogens with two attached hydrogens (primary N) is 1. The van der Waals surface area contributed by atoms with E-state index in [0.717, 1.165) is 9.80 Å². The number of hydrogen-bond donors (Lipinski definition) is 12. The molecule has 0 saturated carbocycles. The molecule has 0 aliphatic carbocycles. The smallest absolute Gasteiger partial charge is 0.416 e. The van der Waals surface area contributed by atoms with Crippen LogP contribution in [0.2, 0.25) is 0 Å². The first-order chi connectivity index (χ1) is 58.1. The number of carboxylic acid groups (broad SMARTS) is 2. The highest BCUT2D eigenvalue weighted by Gasteiger charge is 2.50. The van der Waals surface area contributed by atoms with Gasteiger partial charge in [0.1, 0.15) is 99.3 Å². The molecule has 40 nitrogen and oxygen atoms in total. The van der Waals surface area contributed by atoms with E-state index in [1.165, 1.54) is 84.7 Å². The van der Waals surface area contributed by atoms with Crippen molar-refractivity contribution in [3.63, 3.8) is 0 Å². The molecule has 6 heterocycles. The number of aliphatic hydroxyl groups excluding tert-OH is 8. The van der Waals surface area contributed by atoms with Gasteiger partial charge in [-0.15, -0.1) is 0 Å². The monoisotopic (exact) mass is 1700 g/mol. The van der Waals surface area contributed by atoms with Gasteiger partial charge in [-0.25, -0.2) is 34.9 Å². The first kappa shape index (κ1) is 91.0. The highest BCUT2D eigenvalue weighted by Crippen LogP contribution is 2.44. The number of amides is 5. The van der Waals surface area contributed by atoms with Crippen molar-refractivity contribution in [3.05, 3.63) is 152 Å². The van der Waals surface area contributed by atoms with Crippen LogP contribution in [0.4, 0.5) is 21.0 Å². The molecular formula is C81H98N6O34. The van der Waals surface area contributed by atoms with Crippen molar-refractivity contribution in [2.24, 2.45) is 5.90 Å². The van der Waals surface area contributed by atoms with Crippen molar-refractivity contribution in [1.82, 2.24) is 15.1 Å². The molecule has 40 heteroatoms. The Labute approximate surface area is 692 Å². The number of fused-ring (bicyclic) bond motifs is 4. The normalized spacial score (nSPS) is 23.0. The molecule has 0 bridgehead atoms. The largest absolute Gasteiger partial charge is 0.493 e. The quantitative estimate of drug-likeness (QED) is 0.0152. The SMILES string of the molecule is COCCCC(=O)c1cc(COC(=O)N2c3cc(OCc4cc(COc5cc6c(cc5C)C(=O)N5C=C(C)C[C@H]5C(O)N6C(=O)OCc5ccc(O[C@@H]6O[C@H](C(=O)O)[C@@H](O)[C@H](O)[C@H]6O)c(C(=O)NCCOCCON)c5)cc(OCCOCCOCCOCC(=O)O)c4)c(OC)cc3C(=O)N3C=C(C)C[C@H]3C2O)ccc1O[C@@H]1OC[C@@H](O)[C@H](O)[C@H]1O. The first-order valence-corrected chi connectivity index (χ1v) is 38.6. The topological polar surface area (TPSA) is 538 Å². The number of aliphatic hydroxyl groups is 8. The number of aliphatic carboxylic acids is 2. The lowest BCUT2D eigenvalue weighted by Crippen LogP contribution is -2.61. The number of nitrogens with one attached hydrogen (secondary N) is 1. The molecule has 5 amide bonds. The fraction of sp³-hybridized carbons (Fsp3) is 0.481. The third-order valence-corrected chi connectivity index (χ3v) is 20.2. The molecule has 6 aliphatic heterocycles. The molecule has 0 aromatic heterocycles. The maximum atomic E-state index is 14.9. The Morgan fingerprint density at radius 1 is 0.529 bits per heavy atom. The fourth-order valence-electron chi connectivity index (χ4n) is 14.1. The lowest BCUT2D eigenvalue weighted by Gasteiger charge is -2.38. The Kier molecular flexibility index (Phi) is 31.7. The molecule has 2 unspecified atom stereocenters. The van der Waals surface area contributed by atoms with Crippen LogP contribution < -0.4 is 49.4 Å². The molecule has 11 rings (SSSR count). The van der Waals surface area contributed by atoms with Crippen molar-refractivity contribution >= 4 is 59.0 Å². The van der Waals surface area contributed by atoms with Crippen LogP contribution in [0.3, 0.4) is 0 Å². The number of hydrogen-bond acceptors (Lipinski definition) is 33. The minimum atomic E-state index is -2.06. The highest BCUT2D eigenvalue weighted by atomic mass is 16.7. The van der Waals surface area contributed by atoms with Gasteiger partial charge in [0.2, 0.25) is 12.6 Å². The predicted molar refractivity (Wildman–Crippen MR) is 414 cm³/mol. The number of nitrogens with zero attached hydrogens (tertiary/aromatic N) is 4. The Morgan fingerprint density at radius 2 is 1.07 bits per heavy atom. The van der Waals surface area contributed by atoms with Crippen LogP contribution in [0.25, 0.3) is 0 Å². The standard InChI is InChI=1S/C81H98N6O34/c1-42-23-56-75(100)86(80(104)117-37-46-9-11-61(53(30-46)72(97)83-12-14-108-20-22-118-82)120-79-70(96)67(93)68(94)71(121-79)77(102)103)54-32-62(44(3)25-50(54)73(98)84(56)34-42)113-38-47-26-48(28-49(27-47)112-21-19-110-16-15-109-17-18-111-41-65(90)91)39-114-64-33-55-51(31-63(64)107-5)74(99)85-35-43(2)24-57(85)76(101)87(55)81(105)116-36-45-8-10-60(52(29-45)58(88)7-6-13-106-4)119-78-69(95)66(92)59(89)40-115-78/h8-11,25-35,56-57,59,66-71,75-76,78-79,89,92-96,100-101H,6-7,12-24,36-41,82H2,1-5H3,(H,83,97)(H,90,91)(H,102,103)/t56-,57-,59+,66-,67-,68-,69+,70+,71-,75?,76?,78-,79+/m0/s1. The average molecular weight is 1700 g/mol. The van der Waals surface area contributed by atoms with Crippen molar-refractivity contribution in [2.45, 2.75) is 153 Å². The van der Waals surface area contributed by atoms with E-state index >= 15 is 0 Å². The molecule has 2 saturated heterocycles. The van der Waals surface area contributed by atoms with Crippen LogP contribution in [0.15, 0.2) is 102 Å². The summed E-state index contributed by atoms with van der Waals surface area (Å²) in [4.78, 5) is 119. The number of aryl methyl sites for hydroxylation is 1. The second-order valence-corrected chi connectivity index (χ2v) is 29.0. The van der Waals surface area contributed by atoms with Crippen molar-refractivity contribution in [1.29, 1.82) is 0 Å². The van der Waals surface area contributed by atoms with Crippen LogP contribution in [-0.2, 0) is 83.5 Å². The molecule has 6 aliphatic rings. The van der Waals surface area contributed by atoms with E-state index in [4.69, 9.17) is 82.1 Å². The number of methoxy groups -OCH3 is 2. The van der Waals surface area contributed by atoms with E-state index in [9.17, 15) is 84.3 Å². The lowest BCUT2D eigenvalue weighted by molar-refractivity contribution is -0.271. The molecule has 5 aromatic rings. The van der Waals surface area contributed by atoms with Gasteiger partial charge in [0.15, 0.2) is 35.8 Å². The second kappa shape index (κ2) is 42.2. The summed E-state index contributed by atoms with van der Waals surface area (Å²) < 4.78 is 86.4. The summed E-state index contributed by atoms with van der Waals surface area (Å²) in [6.45, 7) is 3.38. The number of rotatable bonds is 40. The van der Waals surface area contributed by atoms with Crippen LogP contribution in [0.1, 0.15) is 109 Å². The molecule has 0 spiro atoms. The van der Waals surface area contributed by atoms with Gasteiger partial charge in [-0.3, -0.25) is 19.2 Å². The van der Waals surface area contributed by atoms with Crippen molar-refractivity contribution in [2.75, 3.05) is 110 Å². The molecule has 13 atom stereocenters. The molecule has 121 heavy (non-hydrogen) atoms. The number of anilines is 2. The van der Waals surface area contributed by atoms with E-state index in [-0.39, 0.29) is 191 Å². The number of Topliss-reactive ketones (excluding diaryl/α,β-unsaturated/α-hetero) is 1. The molecule has 0 radical (unpaired) electrons. The second-order valence-electron chi connectivity index (χ2n) is 29.0. The van der Waals surface area contributed by atoms with E-state index in [1.54, 1.807) is 51.4 Å². The van der Waals surface area contributed by atoms with Gasteiger partial charge < -0.3 is 142 Å². The number of carbonyl (C=O) groups excluding carboxylic acids is 6. The number of carboxylic acids is 2. The number of ether oxygens (including phenoxy) is 15. The zero-order valence-electron chi connectivity index (χ0n) is 66.7. The van der Waals surface area contributed by atoms with E-state index < -0.39 is 147 Å². The summed E-state index contributed by atoms with van der Waals surface area (Å²) in [6, 6.07) is 16.6. The summed E-state index contributed by atoms with van der Waals surface area (Å²) in [5.74, 6) is -0.185. The van der Waals surface area contributed by atoms with Gasteiger partial charge in [0, 0.05) is 51.2 Å². The summed E-state index contributed by atoms with van der Waals surface area (Å²) >= 11 is 0. The Balaban J connectivity index is 0.860. The summed E-state index contributed by atoms with van der Waals surface area (Å²) in [6.07, 6.45) is -18.5. The zero-order valence-corrected chi connectivity index (χ0v) is 66.7.